The highest BCUT2D eigenvalue weighted by atomic mass is 16.5. The van der Waals surface area contributed by atoms with Crippen molar-refractivity contribution in [2.24, 2.45) is 4.99 Å². The Bertz CT molecular complexity index is 395. The smallest absolute Gasteiger partial charge is 0.191 e. The number of guanidine groups is 1. The van der Waals surface area contributed by atoms with Gasteiger partial charge in [0.1, 0.15) is 0 Å². The molecule has 0 fully saturated rings. The van der Waals surface area contributed by atoms with Crippen molar-refractivity contribution in [2.45, 2.75) is 32.7 Å². The fourth-order valence-electron chi connectivity index (χ4n) is 1.98. The molecule has 0 aliphatic heterocycles. The molecule has 0 aromatic carbocycles. The molecule has 0 saturated heterocycles. The first-order chi connectivity index (χ1) is 11.4. The predicted octanol–water partition coefficient (Wildman–Crippen LogP) is 1.27. The molecule has 7 nitrogen and oxygen atoms in total. The fourth-order valence-corrected chi connectivity index (χ4v) is 1.98. The van der Waals surface area contributed by atoms with E-state index in [1.54, 1.807) is 13.3 Å². The number of methoxy groups -OCH3 is 1. The lowest BCUT2D eigenvalue weighted by atomic mass is 10.4. The predicted molar refractivity (Wildman–Crippen MR) is 92.8 cm³/mol. The summed E-state index contributed by atoms with van der Waals surface area (Å²) in [5.41, 5.74) is 0. The van der Waals surface area contributed by atoms with Crippen molar-refractivity contribution in [3.05, 3.63) is 18.5 Å². The summed E-state index contributed by atoms with van der Waals surface area (Å²) in [6.07, 6.45) is 6.67. The largest absolute Gasteiger partial charge is 0.385 e. The number of aliphatic imine (C=N–C) groups is 1. The topological polar surface area (TPSA) is 72.7 Å². The van der Waals surface area contributed by atoms with E-state index in [4.69, 9.17) is 9.47 Å². The molecular weight excluding hydrogens is 294 g/mol. The van der Waals surface area contributed by atoms with Crippen LogP contribution in [0.3, 0.4) is 0 Å². The van der Waals surface area contributed by atoms with Crippen LogP contribution in [0.2, 0.25) is 0 Å². The summed E-state index contributed by atoms with van der Waals surface area (Å²) < 4.78 is 12.3. The van der Waals surface area contributed by atoms with Crippen LogP contribution in [0.25, 0.3) is 0 Å². The molecule has 132 valence electrons. The van der Waals surface area contributed by atoms with Gasteiger partial charge in [0.2, 0.25) is 0 Å². The molecule has 0 saturated carbocycles. The Kier molecular flexibility index (Phi) is 11.9. The molecule has 2 N–H and O–H groups in total. The summed E-state index contributed by atoms with van der Waals surface area (Å²) in [5.74, 6) is 0.859. The van der Waals surface area contributed by atoms with Gasteiger partial charge < -0.3 is 20.1 Å². The van der Waals surface area contributed by atoms with Crippen molar-refractivity contribution in [2.75, 3.05) is 46.6 Å². The van der Waals surface area contributed by atoms with Crippen LogP contribution in [0.1, 0.15) is 26.2 Å². The van der Waals surface area contributed by atoms with Crippen LogP contribution in [-0.4, -0.2) is 62.3 Å². The van der Waals surface area contributed by atoms with E-state index < -0.39 is 0 Å². The van der Waals surface area contributed by atoms with E-state index in [1.807, 2.05) is 23.9 Å². The number of nitrogens with zero attached hydrogens (tertiary/aromatic N) is 3. The van der Waals surface area contributed by atoms with E-state index in [1.165, 1.54) is 0 Å². The van der Waals surface area contributed by atoms with E-state index in [2.05, 4.69) is 20.7 Å². The van der Waals surface area contributed by atoms with Gasteiger partial charge in [0.05, 0.1) is 0 Å². The molecule has 0 aliphatic rings. The van der Waals surface area contributed by atoms with Crippen LogP contribution in [-0.2, 0) is 16.0 Å². The molecule has 1 rings (SSSR count). The zero-order valence-electron chi connectivity index (χ0n) is 14.5. The van der Waals surface area contributed by atoms with Gasteiger partial charge in [-0.05, 0) is 32.3 Å². The zero-order valence-corrected chi connectivity index (χ0v) is 14.5. The summed E-state index contributed by atoms with van der Waals surface area (Å²) in [6, 6.07) is 1.94. The Hall–Kier alpha value is -1.60. The number of hydrogen-bond donors (Lipinski definition) is 2. The number of rotatable bonds is 13. The van der Waals surface area contributed by atoms with Gasteiger partial charge in [-0.1, -0.05) is 0 Å². The SMILES string of the molecule is CCOCCCNC(=NCCCn1cccn1)NCCCOC. The lowest BCUT2D eigenvalue weighted by Crippen LogP contribution is -2.39. The molecule has 1 aromatic heterocycles. The highest BCUT2D eigenvalue weighted by Gasteiger charge is 1.98. The number of aryl methyl sites for hydroxylation is 1. The minimum absolute atomic E-state index is 0.754. The van der Waals surface area contributed by atoms with E-state index in [9.17, 15) is 0 Å². The maximum atomic E-state index is 5.34. The molecule has 1 heterocycles. The second-order valence-electron chi connectivity index (χ2n) is 5.10. The molecule has 0 amide bonds. The summed E-state index contributed by atoms with van der Waals surface area (Å²) in [7, 11) is 1.72. The van der Waals surface area contributed by atoms with Crippen molar-refractivity contribution in [1.29, 1.82) is 0 Å². The van der Waals surface area contributed by atoms with Gasteiger partial charge in [0.15, 0.2) is 5.96 Å². The quantitative estimate of drug-likeness (QED) is 0.325. The minimum Gasteiger partial charge on any atom is -0.385 e. The first kappa shape index (κ1) is 19.4. The summed E-state index contributed by atoms with van der Waals surface area (Å²) >= 11 is 0. The van der Waals surface area contributed by atoms with Gasteiger partial charge in [0, 0.05) is 65.5 Å². The van der Waals surface area contributed by atoms with Crippen molar-refractivity contribution >= 4 is 5.96 Å². The van der Waals surface area contributed by atoms with Crippen molar-refractivity contribution in [3.8, 4) is 0 Å². The van der Waals surface area contributed by atoms with Crippen LogP contribution in [0, 0.1) is 0 Å². The molecule has 0 bridgehead atoms. The van der Waals surface area contributed by atoms with Gasteiger partial charge in [-0.25, -0.2) is 0 Å². The highest BCUT2D eigenvalue weighted by molar-refractivity contribution is 5.79. The first-order valence-corrected chi connectivity index (χ1v) is 8.43. The molecule has 0 spiro atoms. The van der Waals surface area contributed by atoms with Crippen LogP contribution < -0.4 is 10.6 Å². The average molecular weight is 325 g/mol. The molecule has 7 heteroatoms. The second kappa shape index (κ2) is 14.0. The summed E-state index contributed by atoms with van der Waals surface area (Å²) in [5, 5.41) is 10.9. The fraction of sp³-hybridized carbons (Fsp3) is 0.750. The van der Waals surface area contributed by atoms with E-state index >= 15 is 0 Å². The maximum Gasteiger partial charge on any atom is 0.191 e. The Balaban J connectivity index is 2.24. The average Bonchev–Trinajstić information content (AvgIpc) is 3.08. The molecule has 0 atom stereocenters. The highest BCUT2D eigenvalue weighted by Crippen LogP contribution is 1.90. The van der Waals surface area contributed by atoms with Crippen molar-refractivity contribution < 1.29 is 9.47 Å². The van der Waals surface area contributed by atoms with Crippen molar-refractivity contribution in [1.82, 2.24) is 20.4 Å². The normalized spacial score (nSPS) is 11.7. The zero-order chi connectivity index (χ0) is 16.6. The van der Waals surface area contributed by atoms with Crippen LogP contribution in [0.5, 0.6) is 0 Å². The summed E-state index contributed by atoms with van der Waals surface area (Å²) in [6.45, 7) is 7.67. The van der Waals surface area contributed by atoms with Crippen LogP contribution in [0.15, 0.2) is 23.5 Å². The standard InChI is InChI=1S/C16H31N5O2/c1-3-23-15-7-10-19-16(18-9-6-14-22-2)17-8-4-12-21-13-5-11-20-21/h5,11,13H,3-4,6-10,12,14-15H2,1-2H3,(H2,17,18,19). The third-order valence-electron chi connectivity index (χ3n) is 3.15. The molecule has 23 heavy (non-hydrogen) atoms. The summed E-state index contributed by atoms with van der Waals surface area (Å²) in [4.78, 5) is 4.61. The number of aromatic nitrogens is 2. The Morgan fingerprint density at radius 2 is 1.96 bits per heavy atom. The number of ether oxygens (including phenoxy) is 2. The minimum atomic E-state index is 0.754. The number of nitrogens with one attached hydrogen (secondary N) is 2. The second-order valence-corrected chi connectivity index (χ2v) is 5.10. The van der Waals surface area contributed by atoms with Gasteiger partial charge in [-0.3, -0.25) is 9.67 Å². The van der Waals surface area contributed by atoms with E-state index in [0.717, 1.165) is 71.2 Å². The number of hydrogen-bond acceptors (Lipinski definition) is 4. The van der Waals surface area contributed by atoms with Crippen molar-refractivity contribution in [3.63, 3.8) is 0 Å². The third-order valence-corrected chi connectivity index (χ3v) is 3.15. The molecule has 0 radical (unpaired) electrons. The monoisotopic (exact) mass is 325 g/mol. The molecule has 0 unspecified atom stereocenters. The third kappa shape index (κ3) is 10.7. The van der Waals surface area contributed by atoms with Gasteiger partial charge in [0.25, 0.3) is 0 Å². The Morgan fingerprint density at radius 3 is 2.61 bits per heavy atom. The van der Waals surface area contributed by atoms with E-state index in [-0.39, 0.29) is 0 Å². The lowest BCUT2D eigenvalue weighted by Gasteiger charge is -2.12. The van der Waals surface area contributed by atoms with Gasteiger partial charge >= 0.3 is 0 Å². The van der Waals surface area contributed by atoms with Gasteiger partial charge in [-0.15, -0.1) is 0 Å². The van der Waals surface area contributed by atoms with Crippen LogP contribution >= 0.6 is 0 Å². The lowest BCUT2D eigenvalue weighted by molar-refractivity contribution is 0.145. The van der Waals surface area contributed by atoms with Crippen LogP contribution in [0.4, 0.5) is 0 Å². The molecular formula is C16H31N5O2. The first-order valence-electron chi connectivity index (χ1n) is 8.43. The van der Waals surface area contributed by atoms with Gasteiger partial charge in [-0.2, -0.15) is 5.10 Å². The van der Waals surface area contributed by atoms with E-state index in [0.29, 0.717) is 0 Å². The molecule has 1 aromatic rings. The maximum absolute atomic E-state index is 5.34. The molecule has 0 aliphatic carbocycles. The Morgan fingerprint density at radius 1 is 1.17 bits per heavy atom. The Labute approximate surface area is 139 Å².